The Kier molecular flexibility index (Phi) is 4.58. The smallest absolute Gasteiger partial charge is 0.293 e. The van der Waals surface area contributed by atoms with E-state index in [9.17, 15) is 9.59 Å². The number of ether oxygens (including phenoxy) is 1. The number of Topliss-reactive ketones (excluding diaryl/α,β-unsaturated/α-hetero) is 1. The summed E-state index contributed by atoms with van der Waals surface area (Å²) in [4.78, 5) is 24.1. The molecule has 0 fully saturated rings. The summed E-state index contributed by atoms with van der Waals surface area (Å²) < 4.78 is 6.55. The van der Waals surface area contributed by atoms with Gasteiger partial charge in [0.2, 0.25) is 0 Å². The summed E-state index contributed by atoms with van der Waals surface area (Å²) in [5, 5.41) is 0.567. The molecule has 0 radical (unpaired) electrons. The van der Waals surface area contributed by atoms with Gasteiger partial charge in [-0.2, -0.15) is 0 Å². The maximum atomic E-state index is 12.1. The molecule has 0 spiro atoms. The molecule has 0 aliphatic carbocycles. The largest absolute Gasteiger partial charge is 0.488 e. The fourth-order valence-electron chi connectivity index (χ4n) is 1.79. The number of pyridine rings is 1. The number of rotatable bonds is 5. The highest BCUT2D eigenvalue weighted by Crippen LogP contribution is 2.11. The Hall–Kier alpha value is -2.07. The molecule has 2 rings (SSSR count). The Labute approximate surface area is 121 Å². The van der Waals surface area contributed by atoms with E-state index in [1.807, 2.05) is 0 Å². The van der Waals surface area contributed by atoms with Crippen LogP contribution in [0.25, 0.3) is 0 Å². The third-order valence-electron chi connectivity index (χ3n) is 2.77. The van der Waals surface area contributed by atoms with Crippen molar-refractivity contribution >= 4 is 17.4 Å². The maximum Gasteiger partial charge on any atom is 0.293 e. The standard InChI is InChI=1S/C15H14ClNO3/c1-2-20-14-4-3-9-17(15(14)19)10-13(18)11-5-7-12(16)8-6-11/h3-9H,2,10H2,1H3. The summed E-state index contributed by atoms with van der Waals surface area (Å²) in [6.45, 7) is 2.18. The van der Waals surface area contributed by atoms with Crippen LogP contribution in [0.3, 0.4) is 0 Å². The quantitative estimate of drug-likeness (QED) is 0.796. The lowest BCUT2D eigenvalue weighted by atomic mass is 10.1. The van der Waals surface area contributed by atoms with Gasteiger partial charge in [-0.25, -0.2) is 0 Å². The maximum absolute atomic E-state index is 12.1. The molecule has 0 unspecified atom stereocenters. The van der Waals surface area contributed by atoms with E-state index < -0.39 is 0 Å². The minimum absolute atomic E-state index is 0.0264. The number of ketones is 1. The van der Waals surface area contributed by atoms with Crippen LogP contribution in [0.5, 0.6) is 5.75 Å². The molecule has 104 valence electrons. The van der Waals surface area contributed by atoms with E-state index in [-0.39, 0.29) is 23.6 Å². The minimum atomic E-state index is -0.309. The zero-order valence-electron chi connectivity index (χ0n) is 11.0. The highest BCUT2D eigenvalue weighted by Gasteiger charge is 2.10. The van der Waals surface area contributed by atoms with Gasteiger partial charge in [-0.05, 0) is 43.3 Å². The molecule has 5 heteroatoms. The first kappa shape index (κ1) is 14.3. The van der Waals surface area contributed by atoms with Crippen molar-refractivity contribution in [2.75, 3.05) is 6.61 Å². The zero-order valence-corrected chi connectivity index (χ0v) is 11.8. The van der Waals surface area contributed by atoms with Crippen molar-refractivity contribution in [2.45, 2.75) is 13.5 Å². The number of nitrogens with zero attached hydrogens (tertiary/aromatic N) is 1. The van der Waals surface area contributed by atoms with E-state index >= 15 is 0 Å². The molecule has 20 heavy (non-hydrogen) atoms. The van der Waals surface area contributed by atoms with Gasteiger partial charge < -0.3 is 9.30 Å². The number of hydrogen-bond donors (Lipinski definition) is 0. The van der Waals surface area contributed by atoms with Gasteiger partial charge >= 0.3 is 0 Å². The van der Waals surface area contributed by atoms with Crippen LogP contribution in [0.4, 0.5) is 0 Å². The average molecular weight is 292 g/mol. The van der Waals surface area contributed by atoms with Gasteiger partial charge in [0.25, 0.3) is 5.56 Å². The third-order valence-corrected chi connectivity index (χ3v) is 3.02. The van der Waals surface area contributed by atoms with Crippen LogP contribution in [0.15, 0.2) is 47.4 Å². The molecule has 0 saturated heterocycles. The number of benzene rings is 1. The van der Waals surface area contributed by atoms with E-state index in [2.05, 4.69) is 0 Å². The highest BCUT2D eigenvalue weighted by molar-refractivity contribution is 6.30. The molecule has 0 N–H and O–H groups in total. The van der Waals surface area contributed by atoms with Gasteiger partial charge in [-0.15, -0.1) is 0 Å². The highest BCUT2D eigenvalue weighted by atomic mass is 35.5. The van der Waals surface area contributed by atoms with Gasteiger partial charge in [-0.3, -0.25) is 9.59 Å². The van der Waals surface area contributed by atoms with Crippen LogP contribution in [0.2, 0.25) is 5.02 Å². The lowest BCUT2D eigenvalue weighted by molar-refractivity contribution is 0.0970. The van der Waals surface area contributed by atoms with Crippen molar-refractivity contribution in [3.05, 3.63) is 63.5 Å². The summed E-state index contributed by atoms with van der Waals surface area (Å²) in [6, 6.07) is 9.85. The van der Waals surface area contributed by atoms with Crippen molar-refractivity contribution in [3.8, 4) is 5.75 Å². The number of carbonyl (C=O) groups is 1. The second-order valence-electron chi connectivity index (χ2n) is 4.17. The van der Waals surface area contributed by atoms with Crippen LogP contribution in [0, 0.1) is 0 Å². The molecule has 1 heterocycles. The van der Waals surface area contributed by atoms with E-state index in [0.29, 0.717) is 17.2 Å². The molecule has 0 atom stereocenters. The molecule has 0 saturated carbocycles. The Bertz CT molecular complexity index is 662. The molecule has 1 aromatic heterocycles. The summed E-state index contributed by atoms with van der Waals surface area (Å²) in [5.74, 6) is 0.0938. The summed E-state index contributed by atoms with van der Waals surface area (Å²) in [7, 11) is 0. The molecule has 2 aromatic rings. The first-order chi connectivity index (χ1) is 9.61. The van der Waals surface area contributed by atoms with Crippen LogP contribution < -0.4 is 10.3 Å². The molecule has 0 aliphatic heterocycles. The van der Waals surface area contributed by atoms with Gasteiger partial charge in [0.15, 0.2) is 11.5 Å². The molecule has 0 aliphatic rings. The van der Waals surface area contributed by atoms with E-state index in [1.54, 1.807) is 49.5 Å². The Morgan fingerprint density at radius 3 is 2.60 bits per heavy atom. The summed E-state index contributed by atoms with van der Waals surface area (Å²) >= 11 is 5.77. The number of carbonyl (C=O) groups excluding carboxylic acids is 1. The zero-order chi connectivity index (χ0) is 14.5. The van der Waals surface area contributed by atoms with E-state index in [4.69, 9.17) is 16.3 Å². The fourth-order valence-corrected chi connectivity index (χ4v) is 1.91. The second kappa shape index (κ2) is 6.39. The van der Waals surface area contributed by atoms with Crippen molar-refractivity contribution in [1.82, 2.24) is 4.57 Å². The minimum Gasteiger partial charge on any atom is -0.488 e. The predicted octanol–water partition coefficient (Wildman–Crippen LogP) is 2.78. The molecule has 0 bridgehead atoms. The summed E-state index contributed by atoms with van der Waals surface area (Å²) in [6.07, 6.45) is 1.57. The molecular formula is C15H14ClNO3. The Balaban J connectivity index is 2.22. The summed E-state index contributed by atoms with van der Waals surface area (Å²) in [5.41, 5.74) is 0.208. The van der Waals surface area contributed by atoms with Gasteiger partial charge in [0.05, 0.1) is 13.2 Å². The second-order valence-corrected chi connectivity index (χ2v) is 4.61. The average Bonchev–Trinajstić information content (AvgIpc) is 2.44. The lowest BCUT2D eigenvalue weighted by Crippen LogP contribution is -2.24. The van der Waals surface area contributed by atoms with E-state index in [0.717, 1.165) is 0 Å². The molecule has 1 aromatic carbocycles. The Morgan fingerprint density at radius 2 is 1.95 bits per heavy atom. The van der Waals surface area contributed by atoms with Gasteiger partial charge in [0.1, 0.15) is 0 Å². The fraction of sp³-hybridized carbons (Fsp3) is 0.200. The number of hydrogen-bond acceptors (Lipinski definition) is 3. The monoisotopic (exact) mass is 291 g/mol. The van der Waals surface area contributed by atoms with Crippen molar-refractivity contribution < 1.29 is 9.53 Å². The molecule has 4 nitrogen and oxygen atoms in total. The lowest BCUT2D eigenvalue weighted by Gasteiger charge is -2.08. The topological polar surface area (TPSA) is 48.3 Å². The van der Waals surface area contributed by atoms with Crippen LogP contribution in [-0.4, -0.2) is 17.0 Å². The predicted molar refractivity (Wildman–Crippen MR) is 77.7 cm³/mol. The normalized spacial score (nSPS) is 10.3. The molecular weight excluding hydrogens is 278 g/mol. The van der Waals surface area contributed by atoms with Crippen LogP contribution in [-0.2, 0) is 6.54 Å². The number of aromatic nitrogens is 1. The van der Waals surface area contributed by atoms with Gasteiger partial charge in [-0.1, -0.05) is 11.6 Å². The first-order valence-corrected chi connectivity index (χ1v) is 6.60. The molecule has 0 amide bonds. The SMILES string of the molecule is CCOc1cccn(CC(=O)c2ccc(Cl)cc2)c1=O. The van der Waals surface area contributed by atoms with Crippen molar-refractivity contribution in [1.29, 1.82) is 0 Å². The Morgan fingerprint density at radius 1 is 1.25 bits per heavy atom. The van der Waals surface area contributed by atoms with Crippen molar-refractivity contribution in [2.24, 2.45) is 0 Å². The van der Waals surface area contributed by atoms with Gasteiger partial charge in [0, 0.05) is 16.8 Å². The van der Waals surface area contributed by atoms with Crippen LogP contribution >= 0.6 is 11.6 Å². The number of halogens is 1. The van der Waals surface area contributed by atoms with E-state index in [1.165, 1.54) is 4.57 Å². The third kappa shape index (κ3) is 3.27. The first-order valence-electron chi connectivity index (χ1n) is 6.23. The van der Waals surface area contributed by atoms with Crippen molar-refractivity contribution in [3.63, 3.8) is 0 Å². The van der Waals surface area contributed by atoms with Crippen LogP contribution in [0.1, 0.15) is 17.3 Å².